The van der Waals surface area contributed by atoms with Gasteiger partial charge in [0, 0.05) is 18.9 Å². The Morgan fingerprint density at radius 3 is 3.00 bits per heavy atom. The molecule has 1 fully saturated rings. The van der Waals surface area contributed by atoms with Crippen LogP contribution in [0.2, 0.25) is 0 Å². The van der Waals surface area contributed by atoms with Gasteiger partial charge in [0.25, 0.3) is 0 Å². The first kappa shape index (κ1) is 12.7. The summed E-state index contributed by atoms with van der Waals surface area (Å²) in [7, 11) is 1.71. The van der Waals surface area contributed by atoms with E-state index in [0.29, 0.717) is 12.2 Å². The highest BCUT2D eigenvalue weighted by Gasteiger charge is 2.38. The molecule has 2 unspecified atom stereocenters. The second kappa shape index (κ2) is 4.66. The number of furan rings is 1. The highest BCUT2D eigenvalue weighted by atomic mass is 16.5. The Morgan fingerprint density at radius 1 is 1.42 bits per heavy atom. The molecule has 2 aromatic rings. The Labute approximate surface area is 113 Å². The lowest BCUT2D eigenvalue weighted by atomic mass is 9.81. The van der Waals surface area contributed by atoms with Crippen molar-refractivity contribution >= 4 is 11.0 Å². The topological polar surface area (TPSA) is 42.6 Å². The molecule has 102 valence electrons. The molecule has 2 atom stereocenters. The Bertz CT molecular complexity index is 587. The third-order valence-electron chi connectivity index (χ3n) is 4.21. The van der Waals surface area contributed by atoms with Crippen LogP contribution in [0.25, 0.3) is 11.0 Å². The minimum absolute atomic E-state index is 0.119. The summed E-state index contributed by atoms with van der Waals surface area (Å²) in [4.78, 5) is 0. The third-order valence-corrected chi connectivity index (χ3v) is 4.21. The van der Waals surface area contributed by atoms with Gasteiger partial charge in [-0.25, -0.2) is 0 Å². The summed E-state index contributed by atoms with van der Waals surface area (Å²) >= 11 is 0. The number of hydrogen-bond acceptors (Lipinski definition) is 3. The van der Waals surface area contributed by atoms with Crippen LogP contribution in [-0.2, 0) is 10.3 Å². The normalized spacial score (nSPS) is 27.8. The zero-order valence-corrected chi connectivity index (χ0v) is 11.5. The molecule has 1 aromatic heterocycles. The first-order valence-electron chi connectivity index (χ1n) is 6.87. The van der Waals surface area contributed by atoms with Crippen LogP contribution < -0.4 is 0 Å². The van der Waals surface area contributed by atoms with Gasteiger partial charge in [-0.2, -0.15) is 0 Å². The minimum Gasteiger partial charge on any atom is -0.458 e. The Morgan fingerprint density at radius 2 is 2.26 bits per heavy atom. The summed E-state index contributed by atoms with van der Waals surface area (Å²) in [6.45, 7) is 2.03. The SMILES string of the molecule is COC1CCCC(O)(c2cc3cccc(C)c3o2)C1. The average molecular weight is 260 g/mol. The number of para-hydroxylation sites is 1. The molecule has 1 aliphatic carbocycles. The molecule has 0 aliphatic heterocycles. The zero-order valence-electron chi connectivity index (χ0n) is 11.5. The Balaban J connectivity index is 2.01. The van der Waals surface area contributed by atoms with Crippen molar-refractivity contribution in [3.8, 4) is 0 Å². The van der Waals surface area contributed by atoms with Gasteiger partial charge < -0.3 is 14.3 Å². The summed E-state index contributed by atoms with van der Waals surface area (Å²) in [6.07, 6.45) is 3.45. The number of hydrogen-bond donors (Lipinski definition) is 1. The molecule has 0 bridgehead atoms. The van der Waals surface area contributed by atoms with Crippen LogP contribution in [0.5, 0.6) is 0 Å². The van der Waals surface area contributed by atoms with Crippen molar-refractivity contribution in [1.82, 2.24) is 0 Å². The predicted octanol–water partition coefficient (Wildman–Crippen LogP) is 3.52. The van der Waals surface area contributed by atoms with Crippen LogP contribution in [0, 0.1) is 6.92 Å². The number of ether oxygens (including phenoxy) is 1. The molecule has 1 aliphatic rings. The van der Waals surface area contributed by atoms with Crippen molar-refractivity contribution in [1.29, 1.82) is 0 Å². The number of methoxy groups -OCH3 is 1. The Kier molecular flexibility index (Phi) is 3.11. The second-order valence-corrected chi connectivity index (χ2v) is 5.59. The van der Waals surface area contributed by atoms with Crippen molar-refractivity contribution in [3.63, 3.8) is 0 Å². The average Bonchev–Trinajstić information content (AvgIpc) is 2.85. The van der Waals surface area contributed by atoms with Crippen LogP contribution in [0.3, 0.4) is 0 Å². The van der Waals surface area contributed by atoms with E-state index in [0.717, 1.165) is 35.8 Å². The lowest BCUT2D eigenvalue weighted by Gasteiger charge is -2.34. The van der Waals surface area contributed by atoms with Gasteiger partial charge in [-0.05, 0) is 37.8 Å². The molecule has 19 heavy (non-hydrogen) atoms. The fourth-order valence-electron chi connectivity index (χ4n) is 3.07. The van der Waals surface area contributed by atoms with E-state index in [4.69, 9.17) is 9.15 Å². The van der Waals surface area contributed by atoms with E-state index in [1.54, 1.807) is 7.11 Å². The number of aryl methyl sites for hydroxylation is 1. The van der Waals surface area contributed by atoms with Crippen molar-refractivity contribution in [2.75, 3.05) is 7.11 Å². The Hall–Kier alpha value is -1.32. The standard InChI is InChI=1S/C16H20O3/c1-11-5-3-6-12-9-14(19-15(11)12)16(17)8-4-7-13(10-16)18-2/h3,5-6,9,13,17H,4,7-8,10H2,1-2H3. The summed E-state index contributed by atoms with van der Waals surface area (Å²) in [5.41, 5.74) is 1.10. The van der Waals surface area contributed by atoms with Gasteiger partial charge >= 0.3 is 0 Å². The maximum atomic E-state index is 10.9. The third kappa shape index (κ3) is 2.17. The van der Waals surface area contributed by atoms with E-state index in [1.807, 2.05) is 31.2 Å². The van der Waals surface area contributed by atoms with Crippen LogP contribution >= 0.6 is 0 Å². The van der Waals surface area contributed by atoms with Gasteiger partial charge in [-0.15, -0.1) is 0 Å². The van der Waals surface area contributed by atoms with Gasteiger partial charge in [-0.1, -0.05) is 18.2 Å². The fraction of sp³-hybridized carbons (Fsp3) is 0.500. The number of fused-ring (bicyclic) bond motifs is 1. The molecule has 0 radical (unpaired) electrons. The molecule has 3 nitrogen and oxygen atoms in total. The lowest BCUT2D eigenvalue weighted by Crippen LogP contribution is -2.35. The van der Waals surface area contributed by atoms with E-state index >= 15 is 0 Å². The quantitative estimate of drug-likeness (QED) is 0.898. The number of aliphatic hydroxyl groups is 1. The van der Waals surface area contributed by atoms with Gasteiger partial charge in [-0.3, -0.25) is 0 Å². The lowest BCUT2D eigenvalue weighted by molar-refractivity contribution is -0.0744. The molecule has 3 rings (SSSR count). The molecular weight excluding hydrogens is 240 g/mol. The highest BCUT2D eigenvalue weighted by molar-refractivity contribution is 5.81. The second-order valence-electron chi connectivity index (χ2n) is 5.59. The van der Waals surface area contributed by atoms with Gasteiger partial charge in [0.2, 0.25) is 0 Å². The number of benzene rings is 1. The fourth-order valence-corrected chi connectivity index (χ4v) is 3.07. The van der Waals surface area contributed by atoms with Crippen molar-refractivity contribution in [2.45, 2.75) is 44.3 Å². The van der Waals surface area contributed by atoms with Crippen molar-refractivity contribution < 1.29 is 14.3 Å². The molecule has 3 heteroatoms. The molecule has 0 saturated heterocycles. The predicted molar refractivity (Wildman–Crippen MR) is 74.1 cm³/mol. The summed E-state index contributed by atoms with van der Waals surface area (Å²) in [5.74, 6) is 0.679. The zero-order chi connectivity index (χ0) is 13.5. The number of rotatable bonds is 2. The monoisotopic (exact) mass is 260 g/mol. The molecule has 1 aromatic carbocycles. The van der Waals surface area contributed by atoms with E-state index < -0.39 is 5.60 Å². The smallest absolute Gasteiger partial charge is 0.137 e. The molecule has 0 spiro atoms. The summed E-state index contributed by atoms with van der Waals surface area (Å²) < 4.78 is 11.3. The maximum Gasteiger partial charge on any atom is 0.137 e. The highest BCUT2D eigenvalue weighted by Crippen LogP contribution is 2.40. The molecule has 0 amide bonds. The van der Waals surface area contributed by atoms with Crippen LogP contribution in [0.1, 0.15) is 37.0 Å². The van der Waals surface area contributed by atoms with Gasteiger partial charge in [0.15, 0.2) is 0 Å². The first-order valence-corrected chi connectivity index (χ1v) is 6.87. The maximum absolute atomic E-state index is 10.9. The molecular formula is C16H20O3. The minimum atomic E-state index is -0.885. The van der Waals surface area contributed by atoms with Crippen LogP contribution in [-0.4, -0.2) is 18.3 Å². The van der Waals surface area contributed by atoms with Crippen molar-refractivity contribution in [2.24, 2.45) is 0 Å². The molecule has 1 heterocycles. The molecule has 1 N–H and O–H groups in total. The van der Waals surface area contributed by atoms with E-state index in [9.17, 15) is 5.11 Å². The first-order chi connectivity index (χ1) is 9.12. The molecule has 1 saturated carbocycles. The summed E-state index contributed by atoms with van der Waals surface area (Å²) in [6, 6.07) is 8.04. The largest absolute Gasteiger partial charge is 0.458 e. The van der Waals surface area contributed by atoms with Gasteiger partial charge in [0.05, 0.1) is 6.10 Å². The summed E-state index contributed by atoms with van der Waals surface area (Å²) in [5, 5.41) is 11.9. The van der Waals surface area contributed by atoms with Crippen LogP contribution in [0.4, 0.5) is 0 Å². The van der Waals surface area contributed by atoms with Gasteiger partial charge in [0.1, 0.15) is 16.9 Å². The van der Waals surface area contributed by atoms with Crippen LogP contribution in [0.15, 0.2) is 28.7 Å². The van der Waals surface area contributed by atoms with E-state index in [2.05, 4.69) is 0 Å². The van der Waals surface area contributed by atoms with E-state index in [-0.39, 0.29) is 6.10 Å². The van der Waals surface area contributed by atoms with E-state index in [1.165, 1.54) is 0 Å². The van der Waals surface area contributed by atoms with Crippen molar-refractivity contribution in [3.05, 3.63) is 35.6 Å².